The van der Waals surface area contributed by atoms with Crippen LogP contribution in [0.4, 0.5) is 0 Å². The summed E-state index contributed by atoms with van der Waals surface area (Å²) in [5.41, 5.74) is 4.46. The summed E-state index contributed by atoms with van der Waals surface area (Å²) < 4.78 is 6.14. The molecule has 0 saturated heterocycles. The van der Waals surface area contributed by atoms with E-state index in [1.807, 2.05) is 31.2 Å². The summed E-state index contributed by atoms with van der Waals surface area (Å²) in [5.74, 6) is 0.0641. The fourth-order valence-electron chi connectivity index (χ4n) is 1.81. The Balaban J connectivity index is 2.17. The van der Waals surface area contributed by atoms with E-state index in [1.54, 1.807) is 18.2 Å². The standard InChI is InChI=1S/C16H14BrClN2O2/c1-10(11-3-5-12(17)6-4-11)19-20-16(21)14-9-13(18)7-8-15(14)22-2/h3-9H,1-2H3,(H,20,21)/b19-10+. The second-order valence-corrected chi connectivity index (χ2v) is 5.84. The van der Waals surface area contributed by atoms with Gasteiger partial charge in [0.25, 0.3) is 5.91 Å². The molecule has 2 rings (SSSR count). The molecule has 0 heterocycles. The minimum absolute atomic E-state index is 0.336. The SMILES string of the molecule is COc1ccc(Cl)cc1C(=O)N/N=C(\C)c1ccc(Br)cc1. The summed E-state index contributed by atoms with van der Waals surface area (Å²) in [7, 11) is 1.50. The van der Waals surface area contributed by atoms with Crippen LogP contribution in [0.5, 0.6) is 5.75 Å². The van der Waals surface area contributed by atoms with Gasteiger partial charge in [0.2, 0.25) is 0 Å². The van der Waals surface area contributed by atoms with Crippen molar-refractivity contribution >= 4 is 39.1 Å². The van der Waals surface area contributed by atoms with Crippen molar-refractivity contribution in [3.8, 4) is 5.75 Å². The molecule has 0 saturated carbocycles. The lowest BCUT2D eigenvalue weighted by Gasteiger charge is -2.08. The quantitative estimate of drug-likeness (QED) is 0.635. The van der Waals surface area contributed by atoms with Gasteiger partial charge >= 0.3 is 0 Å². The summed E-state index contributed by atoms with van der Waals surface area (Å²) >= 11 is 9.29. The molecule has 0 fully saturated rings. The molecule has 0 bridgehead atoms. The van der Waals surface area contributed by atoms with Crippen molar-refractivity contribution in [2.24, 2.45) is 5.10 Å². The molecule has 114 valence electrons. The normalized spacial score (nSPS) is 11.2. The molecule has 0 aliphatic carbocycles. The smallest absolute Gasteiger partial charge is 0.275 e. The van der Waals surface area contributed by atoms with Crippen LogP contribution in [0.3, 0.4) is 0 Å². The van der Waals surface area contributed by atoms with E-state index in [0.717, 1.165) is 10.0 Å². The fourth-order valence-corrected chi connectivity index (χ4v) is 2.24. The summed E-state index contributed by atoms with van der Waals surface area (Å²) in [5, 5.41) is 4.57. The van der Waals surface area contributed by atoms with Crippen molar-refractivity contribution in [2.75, 3.05) is 7.11 Å². The summed E-state index contributed by atoms with van der Waals surface area (Å²) in [4.78, 5) is 12.2. The molecule has 22 heavy (non-hydrogen) atoms. The molecule has 0 unspecified atom stereocenters. The monoisotopic (exact) mass is 380 g/mol. The number of amides is 1. The van der Waals surface area contributed by atoms with E-state index < -0.39 is 0 Å². The lowest BCUT2D eigenvalue weighted by Crippen LogP contribution is -2.20. The predicted molar refractivity (Wildman–Crippen MR) is 91.8 cm³/mol. The van der Waals surface area contributed by atoms with Gasteiger partial charge in [-0.15, -0.1) is 0 Å². The first kappa shape index (κ1) is 16.5. The first-order valence-electron chi connectivity index (χ1n) is 6.45. The van der Waals surface area contributed by atoms with Crippen molar-refractivity contribution in [1.29, 1.82) is 0 Å². The van der Waals surface area contributed by atoms with Gasteiger partial charge in [0, 0.05) is 9.50 Å². The van der Waals surface area contributed by atoms with Gasteiger partial charge in [-0.2, -0.15) is 5.10 Å². The topological polar surface area (TPSA) is 50.7 Å². The number of hydrazone groups is 1. The Morgan fingerprint density at radius 1 is 1.23 bits per heavy atom. The minimum Gasteiger partial charge on any atom is -0.496 e. The number of halogens is 2. The zero-order valence-electron chi connectivity index (χ0n) is 12.1. The van der Waals surface area contributed by atoms with Crippen LogP contribution < -0.4 is 10.2 Å². The Kier molecular flexibility index (Phi) is 5.57. The molecule has 0 aliphatic rings. The number of methoxy groups -OCH3 is 1. The summed E-state index contributed by atoms with van der Waals surface area (Å²) in [6, 6.07) is 12.5. The Labute approximate surface area is 142 Å². The van der Waals surface area contributed by atoms with Crippen molar-refractivity contribution in [3.05, 3.63) is 63.1 Å². The summed E-state index contributed by atoms with van der Waals surface area (Å²) in [6.45, 7) is 1.82. The van der Waals surface area contributed by atoms with E-state index in [9.17, 15) is 4.79 Å². The maximum atomic E-state index is 12.2. The lowest BCUT2D eigenvalue weighted by molar-refractivity contribution is 0.0952. The largest absolute Gasteiger partial charge is 0.496 e. The van der Waals surface area contributed by atoms with Crippen molar-refractivity contribution in [1.82, 2.24) is 5.43 Å². The average Bonchev–Trinajstić information content (AvgIpc) is 2.53. The number of ether oxygens (including phenoxy) is 1. The number of hydrogen-bond donors (Lipinski definition) is 1. The molecule has 2 aromatic rings. The first-order chi connectivity index (χ1) is 10.5. The first-order valence-corrected chi connectivity index (χ1v) is 7.62. The molecule has 1 amide bonds. The van der Waals surface area contributed by atoms with Crippen molar-refractivity contribution in [3.63, 3.8) is 0 Å². The zero-order chi connectivity index (χ0) is 16.1. The highest BCUT2D eigenvalue weighted by Crippen LogP contribution is 2.22. The predicted octanol–water partition coefficient (Wildman–Crippen LogP) is 4.27. The minimum atomic E-state index is -0.379. The third-order valence-corrected chi connectivity index (χ3v) is 3.76. The maximum Gasteiger partial charge on any atom is 0.275 e. The Morgan fingerprint density at radius 2 is 1.91 bits per heavy atom. The van der Waals surface area contributed by atoms with Gasteiger partial charge in [-0.05, 0) is 42.8 Å². The van der Waals surface area contributed by atoms with E-state index in [1.165, 1.54) is 7.11 Å². The van der Waals surface area contributed by atoms with E-state index in [-0.39, 0.29) is 5.91 Å². The van der Waals surface area contributed by atoms with Crippen LogP contribution in [0, 0.1) is 0 Å². The van der Waals surface area contributed by atoms with Gasteiger partial charge in [-0.25, -0.2) is 5.43 Å². The summed E-state index contributed by atoms with van der Waals surface area (Å²) in [6.07, 6.45) is 0. The molecule has 0 radical (unpaired) electrons. The average molecular weight is 382 g/mol. The number of benzene rings is 2. The van der Waals surface area contributed by atoms with Crippen LogP contribution in [0.15, 0.2) is 52.0 Å². The second kappa shape index (κ2) is 7.42. The molecule has 6 heteroatoms. The maximum absolute atomic E-state index is 12.2. The lowest BCUT2D eigenvalue weighted by atomic mass is 10.1. The van der Waals surface area contributed by atoms with Crippen LogP contribution in [0.1, 0.15) is 22.8 Å². The second-order valence-electron chi connectivity index (χ2n) is 4.49. The van der Waals surface area contributed by atoms with Crippen LogP contribution in [0.2, 0.25) is 5.02 Å². The van der Waals surface area contributed by atoms with Crippen LogP contribution in [-0.4, -0.2) is 18.7 Å². The molecule has 0 atom stereocenters. The van der Waals surface area contributed by atoms with Gasteiger partial charge in [0.05, 0.1) is 18.4 Å². The third kappa shape index (κ3) is 4.08. The van der Waals surface area contributed by atoms with E-state index in [4.69, 9.17) is 16.3 Å². The van der Waals surface area contributed by atoms with Crippen LogP contribution in [0.25, 0.3) is 0 Å². The molecule has 0 aromatic heterocycles. The number of carbonyl (C=O) groups is 1. The fraction of sp³-hybridized carbons (Fsp3) is 0.125. The number of rotatable bonds is 4. The number of hydrogen-bond acceptors (Lipinski definition) is 3. The molecule has 4 nitrogen and oxygen atoms in total. The zero-order valence-corrected chi connectivity index (χ0v) is 14.4. The molecule has 0 spiro atoms. The molecular formula is C16H14BrClN2O2. The molecule has 0 aliphatic heterocycles. The van der Waals surface area contributed by atoms with Crippen LogP contribution >= 0.6 is 27.5 Å². The van der Waals surface area contributed by atoms with Crippen LogP contribution in [-0.2, 0) is 0 Å². The van der Waals surface area contributed by atoms with Gasteiger partial charge in [0.15, 0.2) is 0 Å². The van der Waals surface area contributed by atoms with Gasteiger partial charge < -0.3 is 4.74 Å². The highest BCUT2D eigenvalue weighted by Gasteiger charge is 2.12. The molecule has 2 aromatic carbocycles. The Morgan fingerprint density at radius 3 is 2.55 bits per heavy atom. The molecular weight excluding hydrogens is 368 g/mol. The van der Waals surface area contributed by atoms with Crippen molar-refractivity contribution in [2.45, 2.75) is 6.92 Å². The highest BCUT2D eigenvalue weighted by atomic mass is 79.9. The molecule has 1 N–H and O–H groups in total. The van der Waals surface area contributed by atoms with Gasteiger partial charge in [0.1, 0.15) is 5.75 Å². The van der Waals surface area contributed by atoms with Gasteiger partial charge in [-0.1, -0.05) is 39.7 Å². The Bertz CT molecular complexity index is 715. The van der Waals surface area contributed by atoms with E-state index in [0.29, 0.717) is 22.0 Å². The number of nitrogens with zero attached hydrogens (tertiary/aromatic N) is 1. The number of nitrogens with one attached hydrogen (secondary N) is 1. The van der Waals surface area contributed by atoms with Crippen molar-refractivity contribution < 1.29 is 9.53 Å². The van der Waals surface area contributed by atoms with E-state index >= 15 is 0 Å². The van der Waals surface area contributed by atoms with Gasteiger partial charge in [-0.3, -0.25) is 4.79 Å². The third-order valence-electron chi connectivity index (χ3n) is 2.99. The van der Waals surface area contributed by atoms with E-state index in [2.05, 4.69) is 26.5 Å². The number of carbonyl (C=O) groups excluding carboxylic acids is 1. The highest BCUT2D eigenvalue weighted by molar-refractivity contribution is 9.10. The Hall–Kier alpha value is -1.85.